The maximum absolute atomic E-state index is 12.9. The average Bonchev–Trinajstić information content (AvgIpc) is 3.30. The molecule has 1 unspecified atom stereocenters. The number of carbonyl (C=O) groups excluding carboxylic acids is 1. The molecule has 3 aromatic rings. The molecule has 0 aliphatic carbocycles. The SMILES string of the molecule is Cc1ccn(C(C)CN(C)C)c(=O)c1C(=O)NCc1noc(-c2cccs2)n1. The Morgan fingerprint density at radius 1 is 1.39 bits per heavy atom. The lowest BCUT2D eigenvalue weighted by Crippen LogP contribution is -2.36. The monoisotopic (exact) mass is 401 g/mol. The van der Waals surface area contributed by atoms with Gasteiger partial charge in [-0.3, -0.25) is 9.59 Å². The summed E-state index contributed by atoms with van der Waals surface area (Å²) < 4.78 is 6.80. The second-order valence-corrected chi connectivity index (χ2v) is 7.82. The Morgan fingerprint density at radius 2 is 2.18 bits per heavy atom. The second-order valence-electron chi connectivity index (χ2n) is 6.87. The highest BCUT2D eigenvalue weighted by Gasteiger charge is 2.19. The van der Waals surface area contributed by atoms with Crippen LogP contribution in [0.3, 0.4) is 0 Å². The lowest BCUT2D eigenvalue weighted by atomic mass is 10.1. The van der Waals surface area contributed by atoms with Gasteiger partial charge in [-0.1, -0.05) is 11.2 Å². The van der Waals surface area contributed by atoms with Crippen LogP contribution in [-0.2, 0) is 6.54 Å². The van der Waals surface area contributed by atoms with E-state index in [4.69, 9.17) is 4.52 Å². The molecular formula is C19H23N5O3S. The van der Waals surface area contributed by atoms with Crippen molar-refractivity contribution in [2.75, 3.05) is 20.6 Å². The van der Waals surface area contributed by atoms with Gasteiger partial charge in [-0.05, 0) is 51.0 Å². The summed E-state index contributed by atoms with van der Waals surface area (Å²) in [5.74, 6) is 0.318. The fourth-order valence-corrected chi connectivity index (χ4v) is 3.60. The number of likely N-dealkylation sites (N-methyl/N-ethyl adjacent to an activating group) is 1. The number of pyridine rings is 1. The molecule has 0 aliphatic heterocycles. The smallest absolute Gasteiger partial charge is 0.268 e. The summed E-state index contributed by atoms with van der Waals surface area (Å²) in [5, 5.41) is 8.51. The molecule has 0 fully saturated rings. The predicted molar refractivity (Wildman–Crippen MR) is 107 cm³/mol. The normalized spacial score (nSPS) is 12.3. The molecule has 0 saturated heterocycles. The number of carbonyl (C=O) groups is 1. The minimum Gasteiger partial charge on any atom is -0.344 e. The third-order valence-electron chi connectivity index (χ3n) is 4.27. The molecule has 1 atom stereocenters. The highest BCUT2D eigenvalue weighted by atomic mass is 32.1. The van der Waals surface area contributed by atoms with Gasteiger partial charge in [-0.25, -0.2) is 0 Å². The van der Waals surface area contributed by atoms with E-state index in [1.807, 2.05) is 43.4 Å². The molecule has 148 valence electrons. The van der Waals surface area contributed by atoms with Gasteiger partial charge < -0.3 is 19.3 Å². The van der Waals surface area contributed by atoms with Crippen LogP contribution in [-0.4, -0.2) is 46.2 Å². The molecule has 0 aliphatic rings. The first-order chi connectivity index (χ1) is 13.4. The molecule has 0 aromatic carbocycles. The van der Waals surface area contributed by atoms with Crippen molar-refractivity contribution in [3.05, 3.63) is 57.1 Å². The minimum absolute atomic E-state index is 0.0554. The van der Waals surface area contributed by atoms with Crippen molar-refractivity contribution < 1.29 is 9.32 Å². The number of rotatable bonds is 7. The highest BCUT2D eigenvalue weighted by Crippen LogP contribution is 2.22. The van der Waals surface area contributed by atoms with Gasteiger partial charge in [0.05, 0.1) is 11.4 Å². The van der Waals surface area contributed by atoms with Crippen LogP contribution in [0.2, 0.25) is 0 Å². The van der Waals surface area contributed by atoms with E-state index in [9.17, 15) is 9.59 Å². The van der Waals surface area contributed by atoms with Crippen molar-refractivity contribution in [3.8, 4) is 10.8 Å². The van der Waals surface area contributed by atoms with Gasteiger partial charge in [-0.15, -0.1) is 11.3 Å². The number of nitrogens with one attached hydrogen (secondary N) is 1. The van der Waals surface area contributed by atoms with E-state index in [1.165, 1.54) is 11.3 Å². The highest BCUT2D eigenvalue weighted by molar-refractivity contribution is 7.13. The van der Waals surface area contributed by atoms with Crippen molar-refractivity contribution in [2.45, 2.75) is 26.4 Å². The van der Waals surface area contributed by atoms with E-state index >= 15 is 0 Å². The number of nitrogens with zero attached hydrogens (tertiary/aromatic N) is 4. The van der Waals surface area contributed by atoms with E-state index in [0.717, 1.165) is 4.88 Å². The molecule has 0 radical (unpaired) electrons. The summed E-state index contributed by atoms with van der Waals surface area (Å²) >= 11 is 1.49. The summed E-state index contributed by atoms with van der Waals surface area (Å²) in [6.45, 7) is 4.47. The van der Waals surface area contributed by atoms with Crippen LogP contribution < -0.4 is 10.9 Å². The van der Waals surface area contributed by atoms with E-state index in [2.05, 4.69) is 15.5 Å². The van der Waals surface area contributed by atoms with Crippen LogP contribution in [0.15, 0.2) is 39.1 Å². The Morgan fingerprint density at radius 3 is 2.86 bits per heavy atom. The van der Waals surface area contributed by atoms with Crippen molar-refractivity contribution in [3.63, 3.8) is 0 Å². The topological polar surface area (TPSA) is 93.3 Å². The molecular weight excluding hydrogens is 378 g/mol. The number of thiophene rings is 1. The van der Waals surface area contributed by atoms with E-state index < -0.39 is 5.91 Å². The molecule has 28 heavy (non-hydrogen) atoms. The average molecular weight is 401 g/mol. The van der Waals surface area contributed by atoms with Gasteiger partial charge in [-0.2, -0.15) is 4.98 Å². The van der Waals surface area contributed by atoms with E-state index in [0.29, 0.717) is 23.8 Å². The Labute approximate surface area is 166 Å². The summed E-state index contributed by atoms with van der Waals surface area (Å²) in [6, 6.07) is 5.50. The zero-order valence-corrected chi connectivity index (χ0v) is 17.1. The summed E-state index contributed by atoms with van der Waals surface area (Å²) in [4.78, 5) is 32.7. The van der Waals surface area contributed by atoms with Crippen LogP contribution in [0.5, 0.6) is 0 Å². The predicted octanol–water partition coefficient (Wildman–Crippen LogP) is 2.32. The maximum atomic E-state index is 12.9. The summed E-state index contributed by atoms with van der Waals surface area (Å²) in [5.41, 5.74) is 0.456. The molecule has 8 nitrogen and oxygen atoms in total. The minimum atomic E-state index is -0.448. The van der Waals surface area contributed by atoms with Crippen molar-refractivity contribution in [1.82, 2.24) is 24.9 Å². The molecule has 0 spiro atoms. The zero-order valence-electron chi connectivity index (χ0n) is 16.3. The van der Waals surface area contributed by atoms with Crippen LogP contribution in [0.1, 0.15) is 34.7 Å². The van der Waals surface area contributed by atoms with E-state index in [1.54, 1.807) is 23.8 Å². The second kappa shape index (κ2) is 8.49. The van der Waals surface area contributed by atoms with Gasteiger partial charge in [0.2, 0.25) is 0 Å². The van der Waals surface area contributed by atoms with Crippen LogP contribution in [0.25, 0.3) is 10.8 Å². The van der Waals surface area contributed by atoms with Gasteiger partial charge in [0.25, 0.3) is 17.4 Å². The Hall–Kier alpha value is -2.78. The van der Waals surface area contributed by atoms with Crippen LogP contribution >= 0.6 is 11.3 Å². The Balaban J connectivity index is 1.74. The quantitative estimate of drug-likeness (QED) is 0.653. The van der Waals surface area contributed by atoms with Gasteiger partial charge in [0.15, 0.2) is 5.82 Å². The molecule has 3 aromatic heterocycles. The fraction of sp³-hybridized carbons (Fsp3) is 0.368. The summed E-state index contributed by atoms with van der Waals surface area (Å²) in [7, 11) is 3.89. The van der Waals surface area contributed by atoms with Crippen LogP contribution in [0, 0.1) is 6.92 Å². The number of amides is 1. The fourth-order valence-electron chi connectivity index (χ4n) is 2.95. The molecule has 3 rings (SSSR count). The third-order valence-corrected chi connectivity index (χ3v) is 5.12. The molecule has 1 N–H and O–H groups in total. The number of aryl methyl sites for hydroxylation is 1. The lowest BCUT2D eigenvalue weighted by Gasteiger charge is -2.20. The van der Waals surface area contributed by atoms with Crippen molar-refractivity contribution in [1.29, 1.82) is 0 Å². The molecule has 0 bridgehead atoms. The molecule has 1 amide bonds. The zero-order chi connectivity index (χ0) is 20.3. The van der Waals surface area contributed by atoms with Gasteiger partial charge in [0, 0.05) is 18.8 Å². The summed E-state index contributed by atoms with van der Waals surface area (Å²) in [6.07, 6.45) is 1.73. The van der Waals surface area contributed by atoms with Crippen molar-refractivity contribution >= 4 is 17.2 Å². The largest absolute Gasteiger partial charge is 0.344 e. The Bertz CT molecular complexity index is 1010. The van der Waals surface area contributed by atoms with Crippen LogP contribution in [0.4, 0.5) is 0 Å². The standard InChI is InChI=1S/C19H23N5O3S/c1-12-7-8-24(13(2)11-23(3)4)19(26)16(12)17(25)20-10-15-21-18(27-22-15)14-6-5-9-28-14/h5-9,13H,10-11H2,1-4H3,(H,20,25). The molecule has 3 heterocycles. The van der Waals surface area contributed by atoms with Gasteiger partial charge >= 0.3 is 0 Å². The van der Waals surface area contributed by atoms with E-state index in [-0.39, 0.29) is 23.7 Å². The molecule has 0 saturated carbocycles. The number of hydrogen-bond acceptors (Lipinski definition) is 7. The third kappa shape index (κ3) is 4.37. The lowest BCUT2D eigenvalue weighted by molar-refractivity contribution is 0.0946. The maximum Gasteiger partial charge on any atom is 0.268 e. The molecule has 9 heteroatoms. The number of hydrogen-bond donors (Lipinski definition) is 1. The first-order valence-electron chi connectivity index (χ1n) is 8.88. The van der Waals surface area contributed by atoms with Gasteiger partial charge in [0.1, 0.15) is 5.56 Å². The Kier molecular flexibility index (Phi) is 6.05. The van der Waals surface area contributed by atoms with Crippen molar-refractivity contribution in [2.24, 2.45) is 0 Å². The first kappa shape index (κ1) is 20.0. The number of aromatic nitrogens is 3. The first-order valence-corrected chi connectivity index (χ1v) is 9.76.